The SMILES string of the molecule is C=C1CC[C@@H]2[C@](C)(CCC[C@@]2(C)C(=O)O)[C@H]1CC1C(C)=CCC23C(=O)C(O)=C(C(C)C)C(=O)C12[C@H](C=O)[C@H]1C(C)(C)CCC[C@@]13C. The molecule has 0 saturated heterocycles. The zero-order valence-corrected chi connectivity index (χ0v) is 29.4. The summed E-state index contributed by atoms with van der Waals surface area (Å²) in [6, 6.07) is 0. The maximum absolute atomic E-state index is 15.6. The van der Waals surface area contributed by atoms with Gasteiger partial charge >= 0.3 is 5.97 Å². The van der Waals surface area contributed by atoms with Crippen LogP contribution in [0.3, 0.4) is 0 Å². The molecule has 0 heterocycles. The molecule has 3 unspecified atom stereocenters. The minimum absolute atomic E-state index is 0.0415. The van der Waals surface area contributed by atoms with Gasteiger partial charge < -0.3 is 15.0 Å². The van der Waals surface area contributed by atoms with Crippen molar-refractivity contribution < 1.29 is 29.4 Å². The van der Waals surface area contributed by atoms with Gasteiger partial charge in [0.05, 0.1) is 16.2 Å². The Morgan fingerprint density at radius 3 is 2.28 bits per heavy atom. The summed E-state index contributed by atoms with van der Waals surface area (Å²) in [4.78, 5) is 57.3. The van der Waals surface area contributed by atoms with Crippen LogP contribution in [0, 0.1) is 68.0 Å². The highest BCUT2D eigenvalue weighted by Crippen LogP contribution is 2.82. The van der Waals surface area contributed by atoms with Crippen LogP contribution in [0.1, 0.15) is 120 Å². The number of hydrogen-bond donors (Lipinski definition) is 2. The first-order valence-corrected chi connectivity index (χ1v) is 17.9. The van der Waals surface area contributed by atoms with E-state index in [0.717, 1.165) is 62.4 Å². The van der Waals surface area contributed by atoms with Crippen LogP contribution in [0.5, 0.6) is 0 Å². The van der Waals surface area contributed by atoms with Crippen molar-refractivity contribution in [2.24, 2.45) is 68.0 Å². The maximum Gasteiger partial charge on any atom is 0.309 e. The Kier molecular flexibility index (Phi) is 7.44. The topological polar surface area (TPSA) is 109 Å². The van der Waals surface area contributed by atoms with Crippen LogP contribution in [0.4, 0.5) is 0 Å². The summed E-state index contributed by atoms with van der Waals surface area (Å²) >= 11 is 0. The highest BCUT2D eigenvalue weighted by atomic mass is 16.4. The van der Waals surface area contributed by atoms with Crippen molar-refractivity contribution in [3.8, 4) is 0 Å². The number of aliphatic hydroxyl groups is 1. The van der Waals surface area contributed by atoms with Gasteiger partial charge in [-0.3, -0.25) is 14.4 Å². The smallest absolute Gasteiger partial charge is 0.309 e. The summed E-state index contributed by atoms with van der Waals surface area (Å²) in [5.41, 5.74) is -2.40. The van der Waals surface area contributed by atoms with Gasteiger partial charge in [-0.1, -0.05) is 78.2 Å². The van der Waals surface area contributed by atoms with E-state index in [1.165, 1.54) is 0 Å². The fraction of sp³-hybridized carbons (Fsp3) is 0.750. The Hall–Kier alpha value is -2.50. The van der Waals surface area contributed by atoms with Gasteiger partial charge in [0.2, 0.25) is 5.78 Å². The summed E-state index contributed by atoms with van der Waals surface area (Å²) in [5.74, 6) is -3.48. The van der Waals surface area contributed by atoms with Crippen LogP contribution < -0.4 is 0 Å². The fourth-order valence-corrected chi connectivity index (χ4v) is 13.9. The molecule has 0 aliphatic heterocycles. The number of allylic oxidation sites excluding steroid dienone is 5. The lowest BCUT2D eigenvalue weighted by Crippen LogP contribution is -2.66. The molecule has 6 aliphatic carbocycles. The van der Waals surface area contributed by atoms with E-state index in [4.69, 9.17) is 0 Å². The first-order chi connectivity index (χ1) is 21.3. The van der Waals surface area contributed by atoms with E-state index in [1.807, 2.05) is 20.8 Å². The quantitative estimate of drug-likeness (QED) is 0.233. The van der Waals surface area contributed by atoms with Gasteiger partial charge in [0.25, 0.3) is 0 Å². The molecule has 252 valence electrons. The van der Waals surface area contributed by atoms with E-state index in [-0.39, 0.29) is 51.6 Å². The number of hydrogen-bond acceptors (Lipinski definition) is 5. The Morgan fingerprint density at radius 1 is 1.02 bits per heavy atom. The molecule has 0 spiro atoms. The number of Topliss-reactive ketones (excluding diaryl/α,β-unsaturated/α-hetero) is 2. The highest BCUT2D eigenvalue weighted by Gasteiger charge is 2.85. The lowest BCUT2D eigenvalue weighted by Gasteiger charge is -2.62. The third kappa shape index (κ3) is 3.65. The highest BCUT2D eigenvalue weighted by molar-refractivity contribution is 6.19. The number of aliphatic carboxylic acids is 1. The van der Waals surface area contributed by atoms with Crippen molar-refractivity contribution in [1.82, 2.24) is 0 Å². The Bertz CT molecular complexity index is 1480. The molecule has 6 nitrogen and oxygen atoms in total. The minimum Gasteiger partial charge on any atom is -0.504 e. The molecule has 4 saturated carbocycles. The van der Waals surface area contributed by atoms with Gasteiger partial charge in [0.15, 0.2) is 11.5 Å². The number of carbonyl (C=O) groups excluding carboxylic acids is 3. The summed E-state index contributed by atoms with van der Waals surface area (Å²) < 4.78 is 0. The zero-order chi connectivity index (χ0) is 34.0. The van der Waals surface area contributed by atoms with E-state index in [9.17, 15) is 19.8 Å². The van der Waals surface area contributed by atoms with Crippen molar-refractivity contribution in [3.05, 3.63) is 35.1 Å². The summed E-state index contributed by atoms with van der Waals surface area (Å²) in [6.45, 7) is 21.1. The molecule has 0 aromatic carbocycles. The molecule has 6 aliphatic rings. The standard InChI is InChI=1S/C40H56O6/c1-22(2)29-30(42)33(44)39-19-14-24(4)26(20-25-23(3)12-13-28-36(25,7)16-11-17-37(28,8)34(45)46)40(39,32(29)43)27(21-41)31-35(5,6)15-10-18-38(31,39)9/h14,21-22,25-28,31,42H,3,10-13,15-20H2,1-2,4-9H3,(H,45,46)/t25-,26?,27+,28+,31-,36+,37+,38-,39?,40?/m0/s1. The third-order valence-corrected chi connectivity index (χ3v) is 15.6. The second-order valence-corrected chi connectivity index (χ2v) is 18.1. The molecular formula is C40H56O6. The van der Waals surface area contributed by atoms with E-state index in [0.29, 0.717) is 19.3 Å². The van der Waals surface area contributed by atoms with Crippen LogP contribution in [0.25, 0.3) is 0 Å². The summed E-state index contributed by atoms with van der Waals surface area (Å²) in [6.07, 6.45) is 10.4. The number of carboxylic acids is 1. The second kappa shape index (κ2) is 10.3. The van der Waals surface area contributed by atoms with Crippen LogP contribution in [0.15, 0.2) is 35.1 Å². The van der Waals surface area contributed by atoms with Gasteiger partial charge in [-0.25, -0.2) is 0 Å². The predicted octanol–water partition coefficient (Wildman–Crippen LogP) is 8.46. The second-order valence-electron chi connectivity index (χ2n) is 18.1. The molecule has 10 atom stereocenters. The molecule has 4 fully saturated rings. The number of carboxylic acid groups (broad SMARTS) is 1. The Balaban J connectivity index is 1.63. The number of aldehydes is 1. The number of rotatable bonds is 5. The number of aliphatic hydroxyl groups excluding tert-OH is 1. The molecule has 6 heteroatoms. The number of fused-ring (bicyclic) bond motifs is 2. The molecular weight excluding hydrogens is 576 g/mol. The normalized spacial score (nSPS) is 46.7. The van der Waals surface area contributed by atoms with Crippen LogP contribution in [0.2, 0.25) is 0 Å². The lowest BCUT2D eigenvalue weighted by atomic mass is 9.38. The molecule has 0 aromatic heterocycles. The van der Waals surface area contributed by atoms with Crippen molar-refractivity contribution in [3.63, 3.8) is 0 Å². The van der Waals surface area contributed by atoms with Crippen molar-refractivity contribution in [2.75, 3.05) is 0 Å². The number of ketones is 2. The van der Waals surface area contributed by atoms with Gasteiger partial charge in [-0.2, -0.15) is 0 Å². The third-order valence-electron chi connectivity index (χ3n) is 15.6. The van der Waals surface area contributed by atoms with Crippen LogP contribution in [-0.4, -0.2) is 34.0 Å². The van der Waals surface area contributed by atoms with Gasteiger partial charge in [0.1, 0.15) is 6.29 Å². The van der Waals surface area contributed by atoms with Gasteiger partial charge in [-0.15, -0.1) is 0 Å². The first kappa shape index (κ1) is 33.4. The summed E-state index contributed by atoms with van der Waals surface area (Å²) in [7, 11) is 0. The van der Waals surface area contributed by atoms with E-state index in [2.05, 4.69) is 47.3 Å². The van der Waals surface area contributed by atoms with Crippen LogP contribution in [-0.2, 0) is 19.2 Å². The average Bonchev–Trinajstić information content (AvgIpc) is 3.18. The number of carbonyl (C=O) groups is 4. The zero-order valence-electron chi connectivity index (χ0n) is 29.4. The van der Waals surface area contributed by atoms with E-state index < -0.39 is 45.2 Å². The lowest BCUT2D eigenvalue weighted by molar-refractivity contribution is -0.172. The summed E-state index contributed by atoms with van der Waals surface area (Å²) in [5, 5.41) is 22.2. The van der Waals surface area contributed by atoms with Gasteiger partial charge in [-0.05, 0) is 111 Å². The van der Waals surface area contributed by atoms with Crippen molar-refractivity contribution in [2.45, 2.75) is 120 Å². The molecule has 0 radical (unpaired) electrons. The van der Waals surface area contributed by atoms with Crippen molar-refractivity contribution >= 4 is 23.8 Å². The largest absolute Gasteiger partial charge is 0.504 e. The van der Waals surface area contributed by atoms with Crippen LogP contribution >= 0.6 is 0 Å². The van der Waals surface area contributed by atoms with E-state index >= 15 is 9.59 Å². The Labute approximate surface area is 275 Å². The van der Waals surface area contributed by atoms with Crippen molar-refractivity contribution in [1.29, 1.82) is 0 Å². The molecule has 2 N–H and O–H groups in total. The van der Waals surface area contributed by atoms with E-state index in [1.54, 1.807) is 0 Å². The predicted molar refractivity (Wildman–Crippen MR) is 178 cm³/mol. The molecule has 0 amide bonds. The average molecular weight is 633 g/mol. The molecule has 46 heavy (non-hydrogen) atoms. The Morgan fingerprint density at radius 2 is 1.67 bits per heavy atom. The monoisotopic (exact) mass is 632 g/mol. The first-order valence-electron chi connectivity index (χ1n) is 17.9. The molecule has 0 aromatic rings. The molecule has 6 rings (SSSR count). The fourth-order valence-electron chi connectivity index (χ4n) is 13.9. The molecule has 0 bridgehead atoms. The minimum atomic E-state index is -1.33. The van der Waals surface area contributed by atoms with Gasteiger partial charge in [0, 0.05) is 11.5 Å². The maximum atomic E-state index is 15.6.